The van der Waals surface area contributed by atoms with Crippen molar-refractivity contribution in [3.05, 3.63) is 30.0 Å². The normalized spacial score (nSPS) is 12.3. The molecule has 0 aliphatic rings. The van der Waals surface area contributed by atoms with Gasteiger partial charge < -0.3 is 10.6 Å². The topological polar surface area (TPSA) is 64.2 Å². The SMILES string of the molecule is CC(CN(C)C(=O)c1nn(C)c2ccccc12)C(N)=S. The number of fused-ring (bicyclic) bond motifs is 1. The number of aromatic nitrogens is 2. The van der Waals surface area contributed by atoms with Crippen molar-refractivity contribution >= 4 is 34.0 Å². The number of nitrogens with zero attached hydrogens (tertiary/aromatic N) is 3. The van der Waals surface area contributed by atoms with E-state index in [9.17, 15) is 4.79 Å². The van der Waals surface area contributed by atoms with Crippen LogP contribution >= 0.6 is 12.2 Å². The minimum atomic E-state index is -0.120. The van der Waals surface area contributed by atoms with E-state index < -0.39 is 0 Å². The van der Waals surface area contributed by atoms with Crippen molar-refractivity contribution in [1.82, 2.24) is 14.7 Å². The molecule has 0 bridgehead atoms. The molecule has 0 saturated heterocycles. The number of carbonyl (C=O) groups is 1. The number of thiocarbonyl (C=S) groups is 1. The maximum Gasteiger partial charge on any atom is 0.274 e. The predicted octanol–water partition coefficient (Wildman–Crippen LogP) is 1.57. The van der Waals surface area contributed by atoms with E-state index >= 15 is 0 Å². The van der Waals surface area contributed by atoms with Gasteiger partial charge in [0.25, 0.3) is 5.91 Å². The summed E-state index contributed by atoms with van der Waals surface area (Å²) in [6.45, 7) is 2.39. The van der Waals surface area contributed by atoms with Crippen molar-refractivity contribution in [2.75, 3.05) is 13.6 Å². The summed E-state index contributed by atoms with van der Waals surface area (Å²) in [6, 6.07) is 7.67. The molecule has 0 aliphatic heterocycles. The fraction of sp³-hybridized carbons (Fsp3) is 0.357. The Labute approximate surface area is 123 Å². The molecular weight excluding hydrogens is 272 g/mol. The largest absolute Gasteiger partial charge is 0.393 e. The van der Waals surface area contributed by atoms with Crippen LogP contribution in [0, 0.1) is 5.92 Å². The van der Waals surface area contributed by atoms with Crippen LogP contribution in [0.25, 0.3) is 10.9 Å². The van der Waals surface area contributed by atoms with E-state index in [1.807, 2.05) is 38.2 Å². The van der Waals surface area contributed by atoms with Crippen LogP contribution in [0.15, 0.2) is 24.3 Å². The first-order valence-corrected chi connectivity index (χ1v) is 6.79. The molecule has 6 heteroatoms. The lowest BCUT2D eigenvalue weighted by Crippen LogP contribution is -2.35. The summed E-state index contributed by atoms with van der Waals surface area (Å²) < 4.78 is 1.72. The Morgan fingerprint density at radius 2 is 2.15 bits per heavy atom. The van der Waals surface area contributed by atoms with Crippen molar-refractivity contribution in [2.24, 2.45) is 18.7 Å². The van der Waals surface area contributed by atoms with Gasteiger partial charge in [-0.3, -0.25) is 9.48 Å². The summed E-state index contributed by atoms with van der Waals surface area (Å²) in [4.78, 5) is 14.5. The summed E-state index contributed by atoms with van der Waals surface area (Å²) in [5, 5.41) is 5.18. The van der Waals surface area contributed by atoms with Gasteiger partial charge in [0.15, 0.2) is 5.69 Å². The van der Waals surface area contributed by atoms with Gasteiger partial charge in [-0.2, -0.15) is 5.10 Å². The van der Waals surface area contributed by atoms with E-state index in [4.69, 9.17) is 18.0 Å². The van der Waals surface area contributed by atoms with Crippen molar-refractivity contribution in [3.8, 4) is 0 Å². The fourth-order valence-corrected chi connectivity index (χ4v) is 2.21. The molecule has 2 N–H and O–H groups in total. The summed E-state index contributed by atoms with van der Waals surface area (Å²) in [5.74, 6) is -0.140. The maximum atomic E-state index is 12.5. The van der Waals surface area contributed by atoms with Crippen LogP contribution in [-0.2, 0) is 7.05 Å². The molecule has 0 saturated carbocycles. The Morgan fingerprint density at radius 3 is 2.80 bits per heavy atom. The zero-order valence-corrected chi connectivity index (χ0v) is 12.6. The lowest BCUT2D eigenvalue weighted by molar-refractivity contribution is 0.0782. The third-order valence-corrected chi connectivity index (χ3v) is 3.74. The van der Waals surface area contributed by atoms with Crippen LogP contribution in [0.4, 0.5) is 0 Å². The van der Waals surface area contributed by atoms with Crippen LogP contribution in [0.1, 0.15) is 17.4 Å². The molecule has 1 unspecified atom stereocenters. The Kier molecular flexibility index (Phi) is 4.04. The predicted molar refractivity (Wildman–Crippen MR) is 83.6 cm³/mol. The van der Waals surface area contributed by atoms with Crippen LogP contribution < -0.4 is 5.73 Å². The van der Waals surface area contributed by atoms with Crippen molar-refractivity contribution in [3.63, 3.8) is 0 Å². The minimum absolute atomic E-state index is 0.0195. The number of para-hydroxylation sites is 1. The quantitative estimate of drug-likeness (QED) is 0.868. The lowest BCUT2D eigenvalue weighted by Gasteiger charge is -2.20. The Hall–Kier alpha value is -1.95. The van der Waals surface area contributed by atoms with Crippen LogP contribution in [0.3, 0.4) is 0 Å². The smallest absolute Gasteiger partial charge is 0.274 e. The van der Waals surface area contributed by atoms with Crippen LogP contribution in [0.5, 0.6) is 0 Å². The number of rotatable bonds is 4. The molecule has 1 atom stereocenters. The number of amides is 1. The lowest BCUT2D eigenvalue weighted by atomic mass is 10.1. The molecule has 0 aliphatic carbocycles. The first-order chi connectivity index (χ1) is 9.41. The molecule has 5 nitrogen and oxygen atoms in total. The van der Waals surface area contributed by atoms with E-state index in [1.165, 1.54) is 0 Å². The van der Waals surface area contributed by atoms with Crippen LogP contribution in [0.2, 0.25) is 0 Å². The highest BCUT2D eigenvalue weighted by molar-refractivity contribution is 7.80. The van der Waals surface area contributed by atoms with Gasteiger partial charge >= 0.3 is 0 Å². The first-order valence-electron chi connectivity index (χ1n) is 6.38. The zero-order chi connectivity index (χ0) is 14.9. The summed E-state index contributed by atoms with van der Waals surface area (Å²) >= 11 is 4.94. The third-order valence-electron chi connectivity index (χ3n) is 3.34. The number of hydrogen-bond donors (Lipinski definition) is 1. The molecular formula is C14H18N4OS. The monoisotopic (exact) mass is 290 g/mol. The van der Waals surface area contributed by atoms with Crippen molar-refractivity contribution < 1.29 is 4.79 Å². The molecule has 1 aromatic heterocycles. The van der Waals surface area contributed by atoms with Gasteiger partial charge in [-0.15, -0.1) is 0 Å². The second-order valence-electron chi connectivity index (χ2n) is 4.98. The average molecular weight is 290 g/mol. The molecule has 0 spiro atoms. The van der Waals surface area contributed by atoms with Gasteiger partial charge in [-0.1, -0.05) is 37.3 Å². The summed E-state index contributed by atoms with van der Waals surface area (Å²) in [7, 11) is 3.57. The van der Waals surface area contributed by atoms with Crippen molar-refractivity contribution in [1.29, 1.82) is 0 Å². The molecule has 0 radical (unpaired) electrons. The highest BCUT2D eigenvalue weighted by Gasteiger charge is 2.21. The van der Waals surface area contributed by atoms with Gasteiger partial charge in [0.2, 0.25) is 0 Å². The first kappa shape index (κ1) is 14.5. The van der Waals surface area contributed by atoms with Gasteiger partial charge in [0.1, 0.15) is 0 Å². The number of benzene rings is 1. The number of nitrogens with two attached hydrogens (primary N) is 1. The Morgan fingerprint density at radius 1 is 1.50 bits per heavy atom. The van der Waals surface area contributed by atoms with Gasteiger partial charge in [-0.25, -0.2) is 0 Å². The fourth-order valence-electron chi connectivity index (χ4n) is 2.14. The molecule has 1 heterocycles. The van der Waals surface area contributed by atoms with E-state index in [0.29, 0.717) is 17.2 Å². The van der Waals surface area contributed by atoms with E-state index in [0.717, 1.165) is 10.9 Å². The third kappa shape index (κ3) is 2.65. The van der Waals surface area contributed by atoms with Crippen molar-refractivity contribution in [2.45, 2.75) is 6.92 Å². The molecule has 1 aromatic carbocycles. The molecule has 1 amide bonds. The summed E-state index contributed by atoms with van der Waals surface area (Å²) in [5.41, 5.74) is 6.99. The number of aryl methyl sites for hydroxylation is 1. The minimum Gasteiger partial charge on any atom is -0.393 e. The van der Waals surface area contributed by atoms with Gasteiger partial charge in [-0.05, 0) is 6.07 Å². The second kappa shape index (κ2) is 5.58. The highest BCUT2D eigenvalue weighted by Crippen LogP contribution is 2.18. The summed E-state index contributed by atoms with van der Waals surface area (Å²) in [6.07, 6.45) is 0. The average Bonchev–Trinajstić information content (AvgIpc) is 2.75. The van der Waals surface area contributed by atoms with E-state index in [1.54, 1.807) is 16.6 Å². The van der Waals surface area contributed by atoms with Crippen LogP contribution in [-0.4, -0.2) is 39.2 Å². The Balaban J connectivity index is 2.30. The number of hydrogen-bond acceptors (Lipinski definition) is 3. The standard InChI is InChI=1S/C14H18N4OS/c1-9(13(15)20)8-17(2)14(19)12-10-6-4-5-7-11(10)18(3)16-12/h4-7,9H,8H2,1-3H3,(H2,15,20). The molecule has 106 valence electrons. The number of carbonyl (C=O) groups excluding carboxylic acids is 1. The molecule has 2 rings (SSSR count). The zero-order valence-electron chi connectivity index (χ0n) is 11.8. The molecule has 2 aromatic rings. The maximum absolute atomic E-state index is 12.5. The molecule has 20 heavy (non-hydrogen) atoms. The molecule has 0 fully saturated rings. The Bertz CT molecular complexity index is 664. The highest BCUT2D eigenvalue weighted by atomic mass is 32.1. The van der Waals surface area contributed by atoms with Gasteiger partial charge in [0.05, 0.1) is 10.5 Å². The second-order valence-corrected chi connectivity index (χ2v) is 5.45. The van der Waals surface area contributed by atoms with E-state index in [2.05, 4.69) is 5.10 Å². The van der Waals surface area contributed by atoms with E-state index in [-0.39, 0.29) is 11.8 Å². The van der Waals surface area contributed by atoms with Gasteiger partial charge in [0, 0.05) is 31.9 Å².